The number of aliphatic hydroxyl groups is 1. The van der Waals surface area contributed by atoms with Crippen molar-refractivity contribution in [2.24, 2.45) is 0 Å². The van der Waals surface area contributed by atoms with Gasteiger partial charge in [-0.25, -0.2) is 9.78 Å². The van der Waals surface area contributed by atoms with Gasteiger partial charge in [0.2, 0.25) is 5.88 Å². The number of nitrogens with zero attached hydrogens (tertiary/aromatic N) is 2. The SMILES string of the molecule is COc1ccc(C2(O)CCC(N3CC(NC(=O)OC(C)(C)C)C3)CC2)cn1. The molecule has 7 heteroatoms. The van der Waals surface area contributed by atoms with Crippen molar-refractivity contribution in [2.75, 3.05) is 20.2 Å². The van der Waals surface area contributed by atoms with Gasteiger partial charge in [-0.2, -0.15) is 0 Å². The van der Waals surface area contributed by atoms with Crippen molar-refractivity contribution in [1.29, 1.82) is 0 Å². The molecule has 2 aliphatic rings. The van der Waals surface area contributed by atoms with E-state index < -0.39 is 11.2 Å². The number of rotatable bonds is 4. The van der Waals surface area contributed by atoms with Crippen LogP contribution in [0.3, 0.4) is 0 Å². The van der Waals surface area contributed by atoms with E-state index in [-0.39, 0.29) is 12.1 Å². The fourth-order valence-electron chi connectivity index (χ4n) is 3.89. The number of likely N-dealkylation sites (tertiary alicyclic amines) is 1. The minimum atomic E-state index is -0.811. The number of amides is 1. The molecule has 1 saturated carbocycles. The summed E-state index contributed by atoms with van der Waals surface area (Å²) in [5, 5.41) is 13.9. The van der Waals surface area contributed by atoms with Crippen molar-refractivity contribution in [3.8, 4) is 5.88 Å². The third-order valence-electron chi connectivity index (χ3n) is 5.41. The summed E-state index contributed by atoms with van der Waals surface area (Å²) in [6, 6.07) is 4.29. The lowest BCUT2D eigenvalue weighted by Gasteiger charge is -2.48. The maximum absolute atomic E-state index is 11.8. The van der Waals surface area contributed by atoms with E-state index in [0.717, 1.165) is 31.5 Å². The number of ether oxygens (including phenoxy) is 2. The Morgan fingerprint density at radius 3 is 2.48 bits per heavy atom. The average molecular weight is 377 g/mol. The van der Waals surface area contributed by atoms with Crippen LogP contribution in [0.25, 0.3) is 0 Å². The monoisotopic (exact) mass is 377 g/mol. The molecular formula is C20H31N3O4. The number of hydrogen-bond acceptors (Lipinski definition) is 6. The molecule has 0 atom stereocenters. The molecule has 3 rings (SSSR count). The summed E-state index contributed by atoms with van der Waals surface area (Å²) in [6.45, 7) is 7.27. The van der Waals surface area contributed by atoms with Crippen molar-refractivity contribution in [2.45, 2.75) is 69.7 Å². The fourth-order valence-corrected chi connectivity index (χ4v) is 3.89. The molecule has 0 unspecified atom stereocenters. The van der Waals surface area contributed by atoms with Crippen molar-refractivity contribution in [3.05, 3.63) is 23.9 Å². The maximum Gasteiger partial charge on any atom is 0.407 e. The van der Waals surface area contributed by atoms with Gasteiger partial charge in [0.25, 0.3) is 0 Å². The third kappa shape index (κ3) is 4.90. The van der Waals surface area contributed by atoms with Crippen LogP contribution in [0.4, 0.5) is 4.79 Å². The van der Waals surface area contributed by atoms with Gasteiger partial charge in [-0.15, -0.1) is 0 Å². The first-order chi connectivity index (χ1) is 12.7. The molecule has 1 aliphatic carbocycles. The van der Waals surface area contributed by atoms with Crippen LogP contribution in [-0.2, 0) is 10.3 Å². The second-order valence-electron chi connectivity index (χ2n) is 8.65. The number of hydrogen-bond donors (Lipinski definition) is 2. The second-order valence-corrected chi connectivity index (χ2v) is 8.65. The Morgan fingerprint density at radius 2 is 1.96 bits per heavy atom. The first-order valence-corrected chi connectivity index (χ1v) is 9.65. The molecule has 0 spiro atoms. The molecule has 0 radical (unpaired) electrons. The van der Waals surface area contributed by atoms with Gasteiger partial charge in [0.1, 0.15) is 5.60 Å². The molecule has 1 aromatic heterocycles. The van der Waals surface area contributed by atoms with Crippen molar-refractivity contribution >= 4 is 6.09 Å². The van der Waals surface area contributed by atoms with Gasteiger partial charge in [-0.05, 0) is 52.5 Å². The number of carbonyl (C=O) groups is 1. The van der Waals surface area contributed by atoms with E-state index in [2.05, 4.69) is 15.2 Å². The summed E-state index contributed by atoms with van der Waals surface area (Å²) < 4.78 is 10.4. The Hall–Kier alpha value is -1.86. The molecular weight excluding hydrogens is 346 g/mol. The van der Waals surface area contributed by atoms with Gasteiger partial charge >= 0.3 is 6.09 Å². The molecule has 1 aliphatic heterocycles. The lowest BCUT2D eigenvalue weighted by molar-refractivity contribution is -0.0411. The summed E-state index contributed by atoms with van der Waals surface area (Å²) in [5.41, 5.74) is -0.429. The zero-order valence-corrected chi connectivity index (χ0v) is 16.7. The number of methoxy groups -OCH3 is 1. The lowest BCUT2D eigenvalue weighted by atomic mass is 9.77. The van der Waals surface area contributed by atoms with Crippen LogP contribution in [0.1, 0.15) is 52.0 Å². The number of pyridine rings is 1. The Bertz CT molecular complexity index is 642. The van der Waals surface area contributed by atoms with Gasteiger partial charge in [-0.1, -0.05) is 0 Å². The molecule has 2 fully saturated rings. The van der Waals surface area contributed by atoms with Crippen molar-refractivity contribution in [3.63, 3.8) is 0 Å². The standard InChI is InChI=1S/C20H31N3O4/c1-19(2,3)27-18(24)22-15-12-23(13-15)16-7-9-20(25,10-8-16)14-5-6-17(26-4)21-11-14/h5-6,11,15-16,25H,7-10,12-13H2,1-4H3,(H,22,24). The smallest absolute Gasteiger partial charge is 0.407 e. The number of nitrogens with one attached hydrogen (secondary N) is 1. The van der Waals surface area contributed by atoms with Crippen LogP contribution in [-0.4, -0.2) is 59.0 Å². The highest BCUT2D eigenvalue weighted by Gasteiger charge is 2.40. The highest BCUT2D eigenvalue weighted by Crippen LogP contribution is 2.39. The molecule has 0 bridgehead atoms. The van der Waals surface area contributed by atoms with E-state index in [9.17, 15) is 9.90 Å². The van der Waals surface area contributed by atoms with E-state index in [1.165, 1.54) is 0 Å². The predicted molar refractivity (Wildman–Crippen MR) is 102 cm³/mol. The number of alkyl carbamates (subject to hydrolysis) is 1. The predicted octanol–water partition coefficient (Wildman–Crippen LogP) is 2.43. The first kappa shape index (κ1) is 19.9. The summed E-state index contributed by atoms with van der Waals surface area (Å²) in [7, 11) is 1.58. The average Bonchev–Trinajstić information content (AvgIpc) is 2.57. The number of aromatic nitrogens is 1. The van der Waals surface area contributed by atoms with Gasteiger partial charge in [0, 0.05) is 37.0 Å². The summed E-state index contributed by atoms with van der Waals surface area (Å²) in [6.07, 6.45) is 4.66. The minimum Gasteiger partial charge on any atom is -0.481 e. The molecule has 1 amide bonds. The summed E-state index contributed by atoms with van der Waals surface area (Å²) in [5.74, 6) is 0.556. The molecule has 1 aromatic rings. The Morgan fingerprint density at radius 1 is 1.30 bits per heavy atom. The van der Waals surface area contributed by atoms with E-state index in [1.54, 1.807) is 19.4 Å². The quantitative estimate of drug-likeness (QED) is 0.838. The largest absolute Gasteiger partial charge is 0.481 e. The molecule has 27 heavy (non-hydrogen) atoms. The van der Waals surface area contributed by atoms with Crippen LogP contribution in [0.15, 0.2) is 18.3 Å². The highest BCUT2D eigenvalue weighted by atomic mass is 16.6. The van der Waals surface area contributed by atoms with Gasteiger partial charge < -0.3 is 19.9 Å². The van der Waals surface area contributed by atoms with Crippen LogP contribution in [0, 0.1) is 0 Å². The van der Waals surface area contributed by atoms with Crippen molar-refractivity contribution in [1.82, 2.24) is 15.2 Å². The maximum atomic E-state index is 11.8. The van der Waals surface area contributed by atoms with E-state index in [1.807, 2.05) is 26.8 Å². The summed E-state index contributed by atoms with van der Waals surface area (Å²) >= 11 is 0. The zero-order chi connectivity index (χ0) is 19.7. The van der Waals surface area contributed by atoms with E-state index >= 15 is 0 Å². The van der Waals surface area contributed by atoms with Crippen molar-refractivity contribution < 1.29 is 19.4 Å². The first-order valence-electron chi connectivity index (χ1n) is 9.65. The van der Waals surface area contributed by atoms with Crippen LogP contribution in [0.2, 0.25) is 0 Å². The van der Waals surface area contributed by atoms with Crippen LogP contribution in [0.5, 0.6) is 5.88 Å². The van der Waals surface area contributed by atoms with Crippen LogP contribution < -0.4 is 10.1 Å². The third-order valence-corrected chi connectivity index (χ3v) is 5.41. The van der Waals surface area contributed by atoms with Crippen LogP contribution >= 0.6 is 0 Å². The molecule has 0 aromatic carbocycles. The lowest BCUT2D eigenvalue weighted by Crippen LogP contribution is -2.63. The fraction of sp³-hybridized carbons (Fsp3) is 0.700. The Labute approximate surface area is 161 Å². The van der Waals surface area contributed by atoms with Gasteiger partial charge in [0.05, 0.1) is 18.8 Å². The van der Waals surface area contributed by atoms with Gasteiger partial charge in [-0.3, -0.25) is 4.90 Å². The highest BCUT2D eigenvalue weighted by molar-refractivity contribution is 5.68. The number of carbonyl (C=O) groups excluding carboxylic acids is 1. The molecule has 150 valence electrons. The molecule has 2 N–H and O–H groups in total. The molecule has 2 heterocycles. The normalized spacial score (nSPS) is 26.9. The molecule has 7 nitrogen and oxygen atoms in total. The minimum absolute atomic E-state index is 0.145. The second kappa shape index (κ2) is 7.64. The Balaban J connectivity index is 1.44. The van der Waals surface area contributed by atoms with E-state index in [4.69, 9.17) is 9.47 Å². The topological polar surface area (TPSA) is 83.9 Å². The van der Waals surface area contributed by atoms with E-state index in [0.29, 0.717) is 24.8 Å². The zero-order valence-electron chi connectivity index (χ0n) is 16.7. The Kier molecular flexibility index (Phi) is 5.63. The summed E-state index contributed by atoms with van der Waals surface area (Å²) in [4.78, 5) is 18.4. The molecule has 1 saturated heterocycles. The van der Waals surface area contributed by atoms with Gasteiger partial charge in [0.15, 0.2) is 0 Å².